The Bertz CT molecular complexity index is 1450. The summed E-state index contributed by atoms with van der Waals surface area (Å²) in [7, 11) is 0. The molecule has 2 bridgehead atoms. The lowest BCUT2D eigenvalue weighted by atomic mass is 9.52. The summed E-state index contributed by atoms with van der Waals surface area (Å²) in [5, 5.41) is 4.15. The van der Waals surface area contributed by atoms with Crippen LogP contribution in [0.3, 0.4) is 0 Å². The lowest BCUT2D eigenvalue weighted by Gasteiger charge is -2.54. The average Bonchev–Trinajstić information content (AvgIpc) is 3.72. The molecular formula is C32H34F4N4O2. The molecule has 0 saturated heterocycles. The smallest absolute Gasteiger partial charge is 0.339 e. The van der Waals surface area contributed by atoms with Gasteiger partial charge in [0, 0.05) is 53.0 Å². The van der Waals surface area contributed by atoms with Crippen LogP contribution in [-0.2, 0) is 16.4 Å². The molecule has 4 saturated carbocycles. The van der Waals surface area contributed by atoms with Crippen molar-refractivity contribution in [3.8, 4) is 11.4 Å². The Hall–Kier alpha value is -3.56. The van der Waals surface area contributed by atoms with Gasteiger partial charge in [0.1, 0.15) is 6.17 Å². The number of amides is 1. The van der Waals surface area contributed by atoms with Crippen molar-refractivity contribution < 1.29 is 26.9 Å². The van der Waals surface area contributed by atoms with Crippen molar-refractivity contribution in [3.63, 3.8) is 0 Å². The summed E-state index contributed by atoms with van der Waals surface area (Å²) < 4.78 is 58.6. The van der Waals surface area contributed by atoms with Gasteiger partial charge in [0.05, 0.1) is 5.56 Å². The Morgan fingerprint density at radius 2 is 1.83 bits per heavy atom. The maximum Gasteiger partial charge on any atom is 0.417 e. The number of alkyl halides is 4. The van der Waals surface area contributed by atoms with E-state index in [1.807, 2.05) is 24.3 Å². The number of hydrogen-bond acceptors (Lipinski definition) is 5. The molecule has 0 radical (unpaired) electrons. The number of anilines is 1. The second-order valence-corrected chi connectivity index (χ2v) is 12.5. The van der Waals surface area contributed by atoms with Crippen molar-refractivity contribution >= 4 is 11.6 Å². The van der Waals surface area contributed by atoms with Gasteiger partial charge in [0.2, 0.25) is 11.7 Å². The van der Waals surface area contributed by atoms with E-state index in [2.05, 4.69) is 21.7 Å². The van der Waals surface area contributed by atoms with Crippen LogP contribution in [0.5, 0.6) is 0 Å². The SMILES string of the molecule is C=C(CC(C)F)C(=O)N(CC12CCC(c3ccc(C(F)(F)F)cn3)(CC1)CC2)c1cccc(-c2noc(C3CC3)n2)c1. The van der Waals surface area contributed by atoms with Gasteiger partial charge in [-0.25, -0.2) is 4.39 Å². The standard InChI is InChI=1S/C32H34F4N4O2/c1-20(16-21(2)33)29(41)40(25-5-3-4-23(17-25)27-38-28(42-39-27)22-6-7-22)19-30-10-13-31(14-11-30,15-12-30)26-9-8-24(18-37-26)32(34,35)36/h3-5,8-9,17-18,21-22H,1,6-7,10-16,19H2,2H3. The van der Waals surface area contributed by atoms with Crippen molar-refractivity contribution in [2.45, 2.75) is 88.4 Å². The fourth-order valence-corrected chi connectivity index (χ4v) is 6.65. The average molecular weight is 583 g/mol. The van der Waals surface area contributed by atoms with Gasteiger partial charge in [-0.15, -0.1) is 0 Å². The van der Waals surface area contributed by atoms with E-state index in [0.717, 1.165) is 69.2 Å². The molecule has 1 unspecified atom stereocenters. The quantitative estimate of drug-likeness (QED) is 0.189. The molecule has 7 rings (SSSR count). The van der Waals surface area contributed by atoms with E-state index in [0.29, 0.717) is 35.6 Å². The van der Waals surface area contributed by atoms with Gasteiger partial charge in [0.15, 0.2) is 0 Å². The number of rotatable bonds is 9. The second kappa shape index (κ2) is 10.6. The summed E-state index contributed by atoms with van der Waals surface area (Å²) >= 11 is 0. The van der Waals surface area contributed by atoms with Gasteiger partial charge in [0.25, 0.3) is 5.91 Å². The molecule has 4 aliphatic carbocycles. The number of nitrogens with zero attached hydrogens (tertiary/aromatic N) is 4. The third-order valence-corrected chi connectivity index (χ3v) is 9.39. The third-order valence-electron chi connectivity index (χ3n) is 9.39. The predicted molar refractivity (Wildman–Crippen MR) is 149 cm³/mol. The molecule has 0 aliphatic heterocycles. The van der Waals surface area contributed by atoms with E-state index in [1.165, 1.54) is 13.0 Å². The predicted octanol–water partition coefficient (Wildman–Crippen LogP) is 7.96. The Balaban J connectivity index is 1.24. The van der Waals surface area contributed by atoms with Crippen molar-refractivity contribution in [3.05, 3.63) is 71.9 Å². The van der Waals surface area contributed by atoms with Crippen LogP contribution < -0.4 is 4.90 Å². The number of pyridine rings is 1. The molecule has 1 amide bonds. The van der Waals surface area contributed by atoms with E-state index < -0.39 is 17.9 Å². The van der Waals surface area contributed by atoms with Crippen LogP contribution in [0.25, 0.3) is 11.4 Å². The van der Waals surface area contributed by atoms with E-state index in [9.17, 15) is 22.4 Å². The summed E-state index contributed by atoms with van der Waals surface area (Å²) in [6, 6.07) is 10.1. The minimum Gasteiger partial charge on any atom is -0.339 e. The molecule has 10 heteroatoms. The van der Waals surface area contributed by atoms with Crippen LogP contribution in [0.1, 0.15) is 87.8 Å². The first-order chi connectivity index (χ1) is 20.0. The van der Waals surface area contributed by atoms with E-state index >= 15 is 0 Å². The summed E-state index contributed by atoms with van der Waals surface area (Å²) in [5.41, 5.74) is 1.12. The molecule has 0 spiro atoms. The van der Waals surface area contributed by atoms with Gasteiger partial charge < -0.3 is 9.42 Å². The van der Waals surface area contributed by atoms with Crippen LogP contribution in [0, 0.1) is 5.41 Å². The Morgan fingerprint density at radius 3 is 2.43 bits per heavy atom. The molecule has 2 aromatic heterocycles. The van der Waals surface area contributed by atoms with E-state index in [-0.39, 0.29) is 28.7 Å². The molecule has 3 aromatic rings. The fourth-order valence-electron chi connectivity index (χ4n) is 6.65. The summed E-state index contributed by atoms with van der Waals surface area (Å²) in [5.74, 6) is 1.09. The minimum atomic E-state index is -4.42. The molecule has 4 aliphatic rings. The van der Waals surface area contributed by atoms with E-state index in [4.69, 9.17) is 4.52 Å². The normalized spacial score (nSPS) is 24.4. The molecule has 0 N–H and O–H groups in total. The number of fused-ring (bicyclic) bond motifs is 3. The maximum absolute atomic E-state index is 13.9. The third kappa shape index (κ3) is 5.60. The van der Waals surface area contributed by atoms with Gasteiger partial charge in [-0.05, 0) is 88.0 Å². The summed E-state index contributed by atoms with van der Waals surface area (Å²) in [6.45, 7) is 5.76. The zero-order chi connectivity index (χ0) is 29.7. The highest BCUT2D eigenvalue weighted by atomic mass is 19.4. The van der Waals surface area contributed by atoms with Gasteiger partial charge >= 0.3 is 6.18 Å². The second-order valence-electron chi connectivity index (χ2n) is 12.5. The maximum atomic E-state index is 13.9. The van der Waals surface area contributed by atoms with E-state index in [1.54, 1.807) is 4.90 Å². The molecule has 1 atom stereocenters. The lowest BCUT2D eigenvalue weighted by molar-refractivity contribution is -0.137. The first kappa shape index (κ1) is 28.6. The zero-order valence-electron chi connectivity index (χ0n) is 23.6. The van der Waals surface area contributed by atoms with Crippen molar-refractivity contribution in [2.75, 3.05) is 11.4 Å². The highest BCUT2D eigenvalue weighted by Gasteiger charge is 2.51. The first-order valence-corrected chi connectivity index (χ1v) is 14.6. The van der Waals surface area contributed by atoms with Crippen molar-refractivity contribution in [2.24, 2.45) is 5.41 Å². The van der Waals surface area contributed by atoms with Crippen LogP contribution in [0.4, 0.5) is 23.2 Å². The molecule has 2 heterocycles. The number of aromatic nitrogens is 3. The molecule has 42 heavy (non-hydrogen) atoms. The Kier molecular flexibility index (Phi) is 7.22. The van der Waals surface area contributed by atoms with Crippen LogP contribution in [-0.4, -0.2) is 33.7 Å². The topological polar surface area (TPSA) is 72.1 Å². The van der Waals surface area contributed by atoms with Crippen LogP contribution in [0.2, 0.25) is 0 Å². The first-order valence-electron chi connectivity index (χ1n) is 14.6. The monoisotopic (exact) mass is 582 g/mol. The molecule has 1 aromatic carbocycles. The minimum absolute atomic E-state index is 0.0552. The van der Waals surface area contributed by atoms with Crippen molar-refractivity contribution in [1.29, 1.82) is 0 Å². The van der Waals surface area contributed by atoms with Gasteiger partial charge in [-0.3, -0.25) is 9.78 Å². The molecular weight excluding hydrogens is 548 g/mol. The highest BCUT2D eigenvalue weighted by Crippen LogP contribution is 2.58. The van der Waals surface area contributed by atoms with Crippen LogP contribution in [0.15, 0.2) is 59.3 Å². The Labute approximate surface area is 242 Å². The largest absolute Gasteiger partial charge is 0.417 e. The lowest BCUT2D eigenvalue weighted by Crippen LogP contribution is -2.51. The van der Waals surface area contributed by atoms with Gasteiger partial charge in [-0.2, -0.15) is 18.2 Å². The molecule has 6 nitrogen and oxygen atoms in total. The fraction of sp³-hybridized carbons (Fsp3) is 0.500. The summed E-state index contributed by atoms with van der Waals surface area (Å²) in [6.07, 6.45) is 2.10. The summed E-state index contributed by atoms with van der Waals surface area (Å²) in [4.78, 5) is 24.3. The van der Waals surface area contributed by atoms with Gasteiger partial charge in [-0.1, -0.05) is 23.9 Å². The number of hydrogen-bond donors (Lipinski definition) is 0. The molecule has 222 valence electrons. The number of halogens is 4. The highest BCUT2D eigenvalue weighted by molar-refractivity contribution is 6.05. The number of carbonyl (C=O) groups excluding carboxylic acids is 1. The Morgan fingerprint density at radius 1 is 1.12 bits per heavy atom. The number of benzene rings is 1. The zero-order valence-corrected chi connectivity index (χ0v) is 23.6. The molecule has 4 fully saturated rings. The van der Waals surface area contributed by atoms with Crippen LogP contribution >= 0.6 is 0 Å². The van der Waals surface area contributed by atoms with Crippen molar-refractivity contribution in [1.82, 2.24) is 15.1 Å². The number of carbonyl (C=O) groups is 1.